The Morgan fingerprint density at radius 2 is 1.83 bits per heavy atom. The highest BCUT2D eigenvalue weighted by Gasteiger charge is 2.23. The van der Waals surface area contributed by atoms with Crippen LogP contribution in [0.2, 0.25) is 0 Å². The highest BCUT2D eigenvalue weighted by Crippen LogP contribution is 2.35. The fourth-order valence-corrected chi connectivity index (χ4v) is 3.67. The van der Waals surface area contributed by atoms with Crippen LogP contribution >= 0.6 is 0 Å². The molecule has 1 aliphatic rings. The zero-order valence-electron chi connectivity index (χ0n) is 16.9. The molecular formula is C24H26N4O2. The van der Waals surface area contributed by atoms with Crippen LogP contribution < -0.4 is 15.2 Å². The Morgan fingerprint density at radius 1 is 1.07 bits per heavy atom. The van der Waals surface area contributed by atoms with Gasteiger partial charge >= 0.3 is 0 Å². The lowest BCUT2D eigenvalue weighted by molar-refractivity contribution is 0.0924. The Labute approximate surface area is 177 Å². The van der Waals surface area contributed by atoms with Gasteiger partial charge in [-0.2, -0.15) is 0 Å². The van der Waals surface area contributed by atoms with E-state index in [0.717, 1.165) is 49.5 Å². The van der Waals surface area contributed by atoms with E-state index in [4.69, 9.17) is 15.2 Å². The average Bonchev–Trinajstić information content (AvgIpc) is 2.76. The van der Waals surface area contributed by atoms with Gasteiger partial charge in [-0.05, 0) is 49.2 Å². The van der Waals surface area contributed by atoms with E-state index in [9.17, 15) is 0 Å². The van der Waals surface area contributed by atoms with Crippen molar-refractivity contribution in [2.24, 2.45) is 0 Å². The average molecular weight is 402 g/mol. The van der Waals surface area contributed by atoms with Gasteiger partial charge in [-0.25, -0.2) is 9.97 Å². The normalized spacial score (nSPS) is 16.7. The van der Waals surface area contributed by atoms with Gasteiger partial charge in [0.25, 0.3) is 0 Å². The Balaban J connectivity index is 1.53. The summed E-state index contributed by atoms with van der Waals surface area (Å²) in [5.74, 6) is 2.45. The van der Waals surface area contributed by atoms with Crippen molar-refractivity contribution in [1.29, 1.82) is 0 Å². The van der Waals surface area contributed by atoms with E-state index in [1.54, 1.807) is 0 Å². The summed E-state index contributed by atoms with van der Waals surface area (Å²) in [4.78, 5) is 10.9. The van der Waals surface area contributed by atoms with Gasteiger partial charge in [-0.1, -0.05) is 36.4 Å². The standard InChI is InChI=1S/C24H26N4O2/c1-2-14-28-15-6-9-21(16-28)30-24-22(23(25)26-17-27-24)18-10-12-20(13-11-18)29-19-7-4-3-5-8-19/h2-5,7-8,10-13,17,21H,1,6,9,14-16H2,(H2,25,26,27)/t21-/m1/s1. The number of nitrogen functional groups attached to an aromatic ring is 1. The Bertz CT molecular complexity index is 976. The minimum Gasteiger partial charge on any atom is -0.472 e. The number of benzene rings is 2. The lowest BCUT2D eigenvalue weighted by Crippen LogP contribution is -2.41. The van der Waals surface area contributed by atoms with Crippen molar-refractivity contribution in [2.75, 3.05) is 25.4 Å². The summed E-state index contributed by atoms with van der Waals surface area (Å²) < 4.78 is 12.2. The maximum Gasteiger partial charge on any atom is 0.226 e. The van der Waals surface area contributed by atoms with Crippen molar-refractivity contribution in [1.82, 2.24) is 14.9 Å². The third kappa shape index (κ3) is 4.78. The predicted octanol–water partition coefficient (Wildman–Crippen LogP) is 4.55. The van der Waals surface area contributed by atoms with E-state index >= 15 is 0 Å². The second-order valence-electron chi connectivity index (χ2n) is 7.31. The van der Waals surface area contributed by atoms with E-state index < -0.39 is 0 Å². The molecular weight excluding hydrogens is 376 g/mol. The van der Waals surface area contributed by atoms with E-state index in [2.05, 4.69) is 21.4 Å². The van der Waals surface area contributed by atoms with Gasteiger partial charge in [0.2, 0.25) is 5.88 Å². The molecule has 0 saturated carbocycles. The highest BCUT2D eigenvalue weighted by atomic mass is 16.5. The number of ether oxygens (including phenoxy) is 2. The molecule has 0 bridgehead atoms. The molecule has 1 aromatic heterocycles. The number of anilines is 1. The molecule has 2 aromatic carbocycles. The summed E-state index contributed by atoms with van der Waals surface area (Å²) in [5, 5.41) is 0. The number of aromatic nitrogens is 2. The van der Waals surface area contributed by atoms with Crippen molar-refractivity contribution >= 4 is 5.82 Å². The van der Waals surface area contributed by atoms with E-state index in [-0.39, 0.29) is 6.10 Å². The molecule has 0 amide bonds. The second-order valence-corrected chi connectivity index (χ2v) is 7.31. The first-order valence-corrected chi connectivity index (χ1v) is 10.2. The minimum absolute atomic E-state index is 0.0624. The lowest BCUT2D eigenvalue weighted by Gasteiger charge is -2.32. The molecule has 154 valence electrons. The van der Waals surface area contributed by atoms with Crippen LogP contribution in [0.5, 0.6) is 17.4 Å². The van der Waals surface area contributed by atoms with Gasteiger partial charge < -0.3 is 15.2 Å². The van der Waals surface area contributed by atoms with Gasteiger partial charge in [-0.3, -0.25) is 4.90 Å². The van der Waals surface area contributed by atoms with Crippen molar-refractivity contribution in [3.8, 4) is 28.5 Å². The van der Waals surface area contributed by atoms with Gasteiger partial charge in [0, 0.05) is 13.1 Å². The Morgan fingerprint density at radius 3 is 2.60 bits per heavy atom. The maximum absolute atomic E-state index is 6.29. The lowest BCUT2D eigenvalue weighted by atomic mass is 10.1. The summed E-state index contributed by atoms with van der Waals surface area (Å²) in [6, 6.07) is 17.4. The molecule has 30 heavy (non-hydrogen) atoms. The molecule has 2 heterocycles. The topological polar surface area (TPSA) is 73.5 Å². The summed E-state index contributed by atoms with van der Waals surface area (Å²) in [6.07, 6.45) is 5.51. The summed E-state index contributed by atoms with van der Waals surface area (Å²) >= 11 is 0. The number of likely N-dealkylation sites (tertiary alicyclic amines) is 1. The van der Waals surface area contributed by atoms with Crippen LogP contribution in [0.1, 0.15) is 12.8 Å². The first-order chi connectivity index (χ1) is 14.7. The Kier molecular flexibility index (Phi) is 6.25. The number of nitrogens with two attached hydrogens (primary N) is 1. The van der Waals surface area contributed by atoms with Crippen LogP contribution in [0.3, 0.4) is 0 Å². The monoisotopic (exact) mass is 402 g/mol. The number of hydrogen-bond donors (Lipinski definition) is 1. The number of nitrogens with zero attached hydrogens (tertiary/aromatic N) is 3. The molecule has 3 aromatic rings. The van der Waals surface area contributed by atoms with Gasteiger partial charge in [0.1, 0.15) is 29.7 Å². The molecule has 2 N–H and O–H groups in total. The quantitative estimate of drug-likeness (QED) is 0.585. The maximum atomic E-state index is 6.29. The molecule has 6 heteroatoms. The van der Waals surface area contributed by atoms with Gasteiger partial charge in [0.15, 0.2) is 0 Å². The number of para-hydroxylation sites is 1. The van der Waals surface area contributed by atoms with Gasteiger partial charge in [0.05, 0.1) is 5.56 Å². The van der Waals surface area contributed by atoms with Gasteiger partial charge in [-0.15, -0.1) is 6.58 Å². The van der Waals surface area contributed by atoms with Crippen LogP contribution in [0, 0.1) is 0 Å². The number of piperidine rings is 1. The zero-order valence-corrected chi connectivity index (χ0v) is 16.9. The first kappa shape index (κ1) is 19.9. The molecule has 0 radical (unpaired) electrons. The smallest absolute Gasteiger partial charge is 0.226 e. The van der Waals surface area contributed by atoms with E-state index in [0.29, 0.717) is 17.3 Å². The number of rotatable bonds is 7. The summed E-state index contributed by atoms with van der Waals surface area (Å²) in [5.41, 5.74) is 7.81. The molecule has 1 fully saturated rings. The fraction of sp³-hybridized carbons (Fsp3) is 0.250. The predicted molar refractivity (Wildman–Crippen MR) is 119 cm³/mol. The largest absolute Gasteiger partial charge is 0.472 e. The van der Waals surface area contributed by atoms with Crippen molar-refractivity contribution < 1.29 is 9.47 Å². The van der Waals surface area contributed by atoms with Crippen LogP contribution in [0.4, 0.5) is 5.82 Å². The molecule has 1 aliphatic heterocycles. The van der Waals surface area contributed by atoms with Crippen molar-refractivity contribution in [3.63, 3.8) is 0 Å². The van der Waals surface area contributed by atoms with E-state index in [1.165, 1.54) is 6.33 Å². The van der Waals surface area contributed by atoms with Crippen molar-refractivity contribution in [3.05, 3.63) is 73.6 Å². The Hall–Kier alpha value is -3.38. The molecule has 4 rings (SSSR count). The van der Waals surface area contributed by atoms with Crippen LogP contribution in [-0.2, 0) is 0 Å². The van der Waals surface area contributed by atoms with Crippen molar-refractivity contribution in [2.45, 2.75) is 18.9 Å². The molecule has 1 saturated heterocycles. The summed E-state index contributed by atoms with van der Waals surface area (Å²) in [6.45, 7) is 6.60. The second kappa shape index (κ2) is 9.41. The molecule has 0 unspecified atom stereocenters. The number of hydrogen-bond acceptors (Lipinski definition) is 6. The molecule has 6 nitrogen and oxygen atoms in total. The SMILES string of the molecule is C=CCN1CCC[C@@H](Oc2ncnc(N)c2-c2ccc(Oc3ccccc3)cc2)C1. The first-order valence-electron chi connectivity index (χ1n) is 10.2. The van der Waals surface area contributed by atoms with Crippen LogP contribution in [0.15, 0.2) is 73.6 Å². The summed E-state index contributed by atoms with van der Waals surface area (Å²) in [7, 11) is 0. The third-order valence-corrected chi connectivity index (χ3v) is 5.09. The zero-order chi connectivity index (χ0) is 20.8. The fourth-order valence-electron chi connectivity index (χ4n) is 3.67. The van der Waals surface area contributed by atoms with Crippen LogP contribution in [-0.4, -0.2) is 40.6 Å². The molecule has 0 aliphatic carbocycles. The molecule has 0 spiro atoms. The molecule has 1 atom stereocenters. The van der Waals surface area contributed by atoms with Crippen LogP contribution in [0.25, 0.3) is 11.1 Å². The third-order valence-electron chi connectivity index (χ3n) is 5.09. The highest BCUT2D eigenvalue weighted by molar-refractivity contribution is 5.78. The van der Waals surface area contributed by atoms with E-state index in [1.807, 2.05) is 60.7 Å². The minimum atomic E-state index is 0.0624.